The van der Waals surface area contributed by atoms with Crippen LogP contribution in [0.2, 0.25) is 0 Å². The first-order valence-corrected chi connectivity index (χ1v) is 10.5. The summed E-state index contributed by atoms with van der Waals surface area (Å²) in [5.74, 6) is 1.27. The highest BCUT2D eigenvalue weighted by molar-refractivity contribution is 5.88. The van der Waals surface area contributed by atoms with E-state index in [0.717, 1.165) is 55.5 Å². The number of aliphatic imine (C=N–C) groups is 1. The maximum Gasteiger partial charge on any atom is 0.239 e. The number of aromatic nitrogens is 1. The Labute approximate surface area is 176 Å². The lowest BCUT2D eigenvalue weighted by Crippen LogP contribution is -2.43. The summed E-state index contributed by atoms with van der Waals surface area (Å²) in [6.07, 6.45) is 5.91. The zero-order valence-electron chi connectivity index (χ0n) is 17.3. The molecule has 0 radical (unpaired) electrons. The first kappa shape index (κ1) is 20.3. The van der Waals surface area contributed by atoms with Gasteiger partial charge in [-0.3, -0.25) is 5.21 Å². The standard InChI is InChI=1S/C22H28N6O2/c1-22(7-10-24-11-8-22)21(23)26-20-14-18(6-9-25-20)15-2-3-17-13-19(28(30)27-29)5-4-16(17)12-15/h2-3,6,9,12,14,19,24,30H,4-5,7-8,10-11,13H2,1H3,(H2,23,25,26)/p+1. The van der Waals surface area contributed by atoms with E-state index in [9.17, 15) is 5.21 Å². The smallest absolute Gasteiger partial charge is 0.239 e. The number of pyridine rings is 1. The monoisotopic (exact) mass is 409 g/mol. The molecule has 2 aliphatic rings. The first-order valence-electron chi connectivity index (χ1n) is 10.5. The normalized spacial score (nSPS) is 21.8. The molecule has 8 heteroatoms. The lowest BCUT2D eigenvalue weighted by atomic mass is 9.80. The quantitative estimate of drug-likeness (QED) is 0.203. The molecule has 1 saturated heterocycles. The Hall–Kier alpha value is -3.00. The van der Waals surface area contributed by atoms with Gasteiger partial charge in [-0.15, -0.1) is 0 Å². The van der Waals surface area contributed by atoms with Crippen molar-refractivity contribution in [3.05, 3.63) is 47.7 Å². The van der Waals surface area contributed by atoms with Crippen LogP contribution >= 0.6 is 0 Å². The molecule has 0 bridgehead atoms. The van der Waals surface area contributed by atoms with Crippen LogP contribution in [0.5, 0.6) is 0 Å². The minimum Gasteiger partial charge on any atom is -0.387 e. The molecular weight excluding hydrogens is 380 g/mol. The van der Waals surface area contributed by atoms with Crippen molar-refractivity contribution in [3.63, 3.8) is 0 Å². The van der Waals surface area contributed by atoms with Gasteiger partial charge in [0.15, 0.2) is 5.82 Å². The molecule has 1 atom stereocenters. The van der Waals surface area contributed by atoms with E-state index in [1.807, 2.05) is 12.1 Å². The van der Waals surface area contributed by atoms with Crippen LogP contribution in [0, 0.1) is 5.41 Å². The molecule has 2 aromatic rings. The van der Waals surface area contributed by atoms with Gasteiger partial charge >= 0.3 is 0 Å². The maximum atomic E-state index is 9.64. The van der Waals surface area contributed by atoms with E-state index in [-0.39, 0.29) is 11.5 Å². The molecule has 4 rings (SSSR count). The molecule has 2 heterocycles. The SMILES string of the molecule is CC1(C(N)=Nc2cc(-c3ccc4c(c3)CCC([N+](O)=NO)C4)ccn2)CCNCC1. The van der Waals surface area contributed by atoms with Gasteiger partial charge in [0.05, 0.1) is 0 Å². The van der Waals surface area contributed by atoms with Crippen molar-refractivity contribution in [1.29, 1.82) is 0 Å². The number of benzene rings is 1. The number of hydrogen-bond acceptors (Lipinski definition) is 4. The Morgan fingerprint density at radius 1 is 1.20 bits per heavy atom. The predicted octanol–water partition coefficient (Wildman–Crippen LogP) is 3.23. The number of amidine groups is 1. The van der Waals surface area contributed by atoms with E-state index in [2.05, 4.69) is 45.7 Å². The molecule has 0 amide bonds. The van der Waals surface area contributed by atoms with Gasteiger partial charge in [-0.25, -0.2) is 9.98 Å². The van der Waals surface area contributed by atoms with Crippen molar-refractivity contribution >= 4 is 11.7 Å². The summed E-state index contributed by atoms with van der Waals surface area (Å²) in [6.45, 7) is 4.08. The Morgan fingerprint density at radius 3 is 2.73 bits per heavy atom. The van der Waals surface area contributed by atoms with Crippen molar-refractivity contribution in [3.8, 4) is 11.1 Å². The van der Waals surface area contributed by atoms with Crippen LogP contribution in [0.25, 0.3) is 11.1 Å². The predicted molar refractivity (Wildman–Crippen MR) is 113 cm³/mol. The Balaban J connectivity index is 1.57. The second-order valence-electron chi connectivity index (χ2n) is 8.50. The molecule has 0 spiro atoms. The minimum absolute atomic E-state index is 0.0905. The second kappa shape index (κ2) is 8.39. The van der Waals surface area contributed by atoms with Crippen molar-refractivity contribution in [2.45, 2.75) is 45.1 Å². The minimum atomic E-state index is -0.199. The number of piperidine rings is 1. The summed E-state index contributed by atoms with van der Waals surface area (Å²) in [5, 5.41) is 24.7. The summed E-state index contributed by atoms with van der Waals surface area (Å²) in [4.78, 5) is 9.71. The lowest BCUT2D eigenvalue weighted by molar-refractivity contribution is -0.859. The number of hydroxylamine groups is 1. The van der Waals surface area contributed by atoms with E-state index in [1.165, 1.54) is 5.56 Å². The first-order chi connectivity index (χ1) is 14.5. The number of rotatable bonds is 4. The van der Waals surface area contributed by atoms with Gasteiger partial charge in [0.2, 0.25) is 11.3 Å². The van der Waals surface area contributed by atoms with E-state index in [0.29, 0.717) is 22.9 Å². The molecular formula is C22H29N6O2+. The van der Waals surface area contributed by atoms with Crippen molar-refractivity contribution in [1.82, 2.24) is 10.3 Å². The Bertz CT molecular complexity index is 981. The zero-order valence-corrected chi connectivity index (χ0v) is 17.3. The summed E-state index contributed by atoms with van der Waals surface area (Å²) in [7, 11) is 0. The Kier molecular flexibility index (Phi) is 5.67. The fraction of sp³-hybridized carbons (Fsp3) is 0.455. The van der Waals surface area contributed by atoms with E-state index >= 15 is 0 Å². The third-order valence-electron chi connectivity index (χ3n) is 6.47. The number of fused-ring (bicyclic) bond motifs is 1. The molecule has 0 saturated carbocycles. The molecule has 30 heavy (non-hydrogen) atoms. The molecule has 1 unspecified atom stereocenters. The van der Waals surface area contributed by atoms with E-state index < -0.39 is 0 Å². The molecule has 1 aliphatic carbocycles. The summed E-state index contributed by atoms with van der Waals surface area (Å²) >= 11 is 0. The van der Waals surface area contributed by atoms with Crippen LogP contribution in [0.15, 0.2) is 46.8 Å². The summed E-state index contributed by atoms with van der Waals surface area (Å²) in [5.41, 5.74) is 10.8. The van der Waals surface area contributed by atoms with Gasteiger partial charge in [0, 0.05) is 24.5 Å². The third-order valence-corrected chi connectivity index (χ3v) is 6.47. The van der Waals surface area contributed by atoms with Crippen LogP contribution in [0.1, 0.15) is 37.3 Å². The van der Waals surface area contributed by atoms with Crippen LogP contribution in [-0.4, -0.2) is 45.2 Å². The lowest BCUT2D eigenvalue weighted by Gasteiger charge is -2.33. The van der Waals surface area contributed by atoms with Crippen LogP contribution < -0.4 is 11.1 Å². The maximum absolute atomic E-state index is 9.64. The number of hydrogen-bond donors (Lipinski definition) is 4. The van der Waals surface area contributed by atoms with E-state index in [4.69, 9.17) is 10.9 Å². The number of nitrogens with zero attached hydrogens (tertiary/aromatic N) is 4. The number of aryl methyl sites for hydroxylation is 1. The second-order valence-corrected chi connectivity index (χ2v) is 8.50. The van der Waals surface area contributed by atoms with Crippen molar-refractivity contribution in [2.24, 2.45) is 21.4 Å². The van der Waals surface area contributed by atoms with Crippen molar-refractivity contribution < 1.29 is 15.3 Å². The van der Waals surface area contributed by atoms with Crippen LogP contribution in [0.3, 0.4) is 0 Å². The zero-order chi connectivity index (χ0) is 21.1. The molecule has 1 aliphatic heterocycles. The van der Waals surface area contributed by atoms with Crippen LogP contribution in [0.4, 0.5) is 5.82 Å². The average molecular weight is 410 g/mol. The largest absolute Gasteiger partial charge is 0.387 e. The Morgan fingerprint density at radius 2 is 1.97 bits per heavy atom. The summed E-state index contributed by atoms with van der Waals surface area (Å²) in [6, 6.07) is 10.1. The van der Waals surface area contributed by atoms with Gasteiger partial charge < -0.3 is 16.3 Å². The van der Waals surface area contributed by atoms with Gasteiger partial charge in [-0.1, -0.05) is 25.1 Å². The number of nitrogens with one attached hydrogen (secondary N) is 1. The summed E-state index contributed by atoms with van der Waals surface area (Å²) < 4.78 is 0. The molecule has 1 aromatic carbocycles. The molecule has 8 nitrogen and oxygen atoms in total. The van der Waals surface area contributed by atoms with E-state index in [1.54, 1.807) is 6.20 Å². The highest BCUT2D eigenvalue weighted by atomic mass is 16.6. The molecule has 1 aromatic heterocycles. The van der Waals surface area contributed by atoms with Gasteiger partial charge in [-0.05, 0) is 66.7 Å². The van der Waals surface area contributed by atoms with Gasteiger partial charge in [0.1, 0.15) is 10.7 Å². The van der Waals surface area contributed by atoms with Gasteiger partial charge in [0.25, 0.3) is 0 Å². The fourth-order valence-corrected chi connectivity index (χ4v) is 4.34. The topological polar surface area (TPSA) is 119 Å². The fourth-order valence-electron chi connectivity index (χ4n) is 4.34. The van der Waals surface area contributed by atoms with Gasteiger partial charge in [-0.2, -0.15) is 0 Å². The average Bonchev–Trinajstić information content (AvgIpc) is 2.78. The molecule has 5 N–H and O–H groups in total. The third kappa shape index (κ3) is 4.14. The highest BCUT2D eigenvalue weighted by Crippen LogP contribution is 2.31. The van der Waals surface area contributed by atoms with Crippen LogP contribution in [-0.2, 0) is 12.8 Å². The number of nitrogens with two attached hydrogens (primary N) is 1. The highest BCUT2D eigenvalue weighted by Gasteiger charge is 2.31. The van der Waals surface area contributed by atoms with Crippen molar-refractivity contribution in [2.75, 3.05) is 13.1 Å². The molecule has 1 fully saturated rings. The molecule has 158 valence electrons.